The van der Waals surface area contributed by atoms with Gasteiger partial charge in [-0.3, -0.25) is 4.98 Å². The molecular weight excluding hydrogens is 191 g/mol. The van der Waals surface area contributed by atoms with Gasteiger partial charge in [0, 0.05) is 0 Å². The van der Waals surface area contributed by atoms with Crippen molar-refractivity contribution in [2.45, 2.75) is 0 Å². The smallest absolute Gasteiger partial charge is 0.134 e. The number of benzene rings is 1. The number of hydrogen-bond acceptors (Lipinski definition) is 2. The largest absolute Gasteiger partial charge is 0.396 e. The first kappa shape index (κ1) is 8.26. The Morgan fingerprint density at radius 3 is 2.92 bits per heavy atom. The highest BCUT2D eigenvalue weighted by Crippen LogP contribution is 2.28. The van der Waals surface area contributed by atoms with Crippen LogP contribution in [-0.2, 0) is 0 Å². The highest BCUT2D eigenvalue weighted by atomic mass is 35.5. The summed E-state index contributed by atoms with van der Waals surface area (Å²) >= 11 is 5.83. The van der Waals surface area contributed by atoms with E-state index in [0.717, 1.165) is 0 Å². The van der Waals surface area contributed by atoms with Gasteiger partial charge in [0.1, 0.15) is 5.82 Å². The Labute approximate surface area is 79.1 Å². The van der Waals surface area contributed by atoms with Gasteiger partial charge in [0.05, 0.1) is 27.8 Å². The fraction of sp³-hybridized carbons (Fsp3) is 0. The Bertz CT molecular complexity index is 470. The number of rotatable bonds is 0. The van der Waals surface area contributed by atoms with Gasteiger partial charge in [0.15, 0.2) is 0 Å². The van der Waals surface area contributed by atoms with Gasteiger partial charge < -0.3 is 5.73 Å². The van der Waals surface area contributed by atoms with Crippen LogP contribution < -0.4 is 5.73 Å². The second kappa shape index (κ2) is 2.85. The molecule has 0 saturated carbocycles. The van der Waals surface area contributed by atoms with E-state index in [2.05, 4.69) is 4.98 Å². The number of halogens is 2. The molecule has 0 aliphatic rings. The Morgan fingerprint density at radius 1 is 1.38 bits per heavy atom. The minimum Gasteiger partial charge on any atom is -0.396 e. The minimum absolute atomic E-state index is 0.225. The zero-order valence-corrected chi connectivity index (χ0v) is 7.35. The second-order valence-electron chi connectivity index (χ2n) is 2.66. The van der Waals surface area contributed by atoms with E-state index in [1.54, 1.807) is 12.1 Å². The maximum absolute atomic E-state index is 13.2. The summed E-state index contributed by atoms with van der Waals surface area (Å²) in [5, 5.41) is 0.507. The molecule has 0 spiro atoms. The standard InChI is InChI=1S/C9H6ClFN2/c10-9-6(12)4-13-7-3-1-2-5(11)8(7)9/h1-4H,12H2. The van der Waals surface area contributed by atoms with Gasteiger partial charge in [-0.1, -0.05) is 17.7 Å². The van der Waals surface area contributed by atoms with E-state index in [9.17, 15) is 4.39 Å². The quantitative estimate of drug-likeness (QED) is 0.704. The Morgan fingerprint density at radius 2 is 2.15 bits per heavy atom. The summed E-state index contributed by atoms with van der Waals surface area (Å²) in [5.41, 5.74) is 6.30. The summed E-state index contributed by atoms with van der Waals surface area (Å²) in [6.45, 7) is 0. The molecule has 13 heavy (non-hydrogen) atoms. The lowest BCUT2D eigenvalue weighted by molar-refractivity contribution is 0.639. The van der Waals surface area contributed by atoms with Crippen molar-refractivity contribution in [1.29, 1.82) is 0 Å². The number of nitrogens with zero attached hydrogens (tertiary/aromatic N) is 1. The molecule has 0 bridgehead atoms. The van der Waals surface area contributed by atoms with Crippen LogP contribution in [0.25, 0.3) is 10.9 Å². The van der Waals surface area contributed by atoms with Crippen LogP contribution in [0, 0.1) is 5.82 Å². The first-order chi connectivity index (χ1) is 6.20. The zero-order valence-electron chi connectivity index (χ0n) is 6.59. The van der Waals surface area contributed by atoms with E-state index in [4.69, 9.17) is 17.3 Å². The highest BCUT2D eigenvalue weighted by molar-refractivity contribution is 6.37. The average molecular weight is 197 g/mol. The number of aromatic nitrogens is 1. The van der Waals surface area contributed by atoms with Crippen LogP contribution in [0.2, 0.25) is 5.02 Å². The van der Waals surface area contributed by atoms with E-state index < -0.39 is 5.82 Å². The molecule has 0 unspecified atom stereocenters. The van der Waals surface area contributed by atoms with Crippen LogP contribution >= 0.6 is 11.6 Å². The van der Waals surface area contributed by atoms with Crippen LogP contribution in [-0.4, -0.2) is 4.98 Å². The molecule has 4 heteroatoms. The molecule has 2 rings (SSSR count). The molecule has 0 aliphatic heterocycles. The molecule has 2 aromatic rings. The molecule has 66 valence electrons. The minimum atomic E-state index is -0.401. The monoisotopic (exact) mass is 196 g/mol. The molecular formula is C9H6ClFN2. The van der Waals surface area contributed by atoms with E-state index in [0.29, 0.717) is 11.2 Å². The predicted molar refractivity (Wildman–Crippen MR) is 51.1 cm³/mol. The van der Waals surface area contributed by atoms with Crippen molar-refractivity contribution in [2.24, 2.45) is 0 Å². The van der Waals surface area contributed by atoms with Gasteiger partial charge in [0.25, 0.3) is 0 Å². The lowest BCUT2D eigenvalue weighted by atomic mass is 10.2. The Balaban J connectivity index is 2.97. The molecule has 0 fully saturated rings. The molecule has 0 amide bonds. The van der Waals surface area contributed by atoms with Gasteiger partial charge in [-0.15, -0.1) is 0 Å². The zero-order chi connectivity index (χ0) is 9.42. The first-order valence-electron chi connectivity index (χ1n) is 3.68. The number of anilines is 1. The van der Waals surface area contributed by atoms with E-state index in [1.165, 1.54) is 12.3 Å². The first-order valence-corrected chi connectivity index (χ1v) is 4.06. The van der Waals surface area contributed by atoms with Crippen molar-refractivity contribution < 1.29 is 4.39 Å². The van der Waals surface area contributed by atoms with Gasteiger partial charge in [0.2, 0.25) is 0 Å². The van der Waals surface area contributed by atoms with Crippen molar-refractivity contribution >= 4 is 28.2 Å². The maximum Gasteiger partial charge on any atom is 0.134 e. The fourth-order valence-electron chi connectivity index (χ4n) is 1.18. The Hall–Kier alpha value is -1.35. The highest BCUT2D eigenvalue weighted by Gasteiger charge is 2.07. The van der Waals surface area contributed by atoms with Gasteiger partial charge in [-0.2, -0.15) is 0 Å². The van der Waals surface area contributed by atoms with Crippen molar-refractivity contribution in [3.8, 4) is 0 Å². The van der Waals surface area contributed by atoms with Crippen molar-refractivity contribution in [1.82, 2.24) is 4.98 Å². The molecule has 1 aromatic carbocycles. The molecule has 1 heterocycles. The number of nitrogens with two attached hydrogens (primary N) is 1. The molecule has 0 saturated heterocycles. The van der Waals surface area contributed by atoms with E-state index >= 15 is 0 Å². The van der Waals surface area contributed by atoms with Crippen LogP contribution in [0.4, 0.5) is 10.1 Å². The molecule has 2 nitrogen and oxygen atoms in total. The summed E-state index contributed by atoms with van der Waals surface area (Å²) in [6, 6.07) is 4.59. The van der Waals surface area contributed by atoms with Crippen LogP contribution in [0.3, 0.4) is 0 Å². The third kappa shape index (κ3) is 1.21. The summed E-state index contributed by atoms with van der Waals surface area (Å²) in [4.78, 5) is 3.95. The number of hydrogen-bond donors (Lipinski definition) is 1. The molecule has 0 aliphatic carbocycles. The third-order valence-corrected chi connectivity index (χ3v) is 2.21. The number of pyridine rings is 1. The van der Waals surface area contributed by atoms with Crippen LogP contribution in [0.5, 0.6) is 0 Å². The number of fused-ring (bicyclic) bond motifs is 1. The summed E-state index contributed by atoms with van der Waals surface area (Å²) in [6.07, 6.45) is 1.42. The summed E-state index contributed by atoms with van der Waals surface area (Å²) in [5.74, 6) is -0.401. The normalized spacial score (nSPS) is 10.6. The summed E-state index contributed by atoms with van der Waals surface area (Å²) < 4.78 is 13.2. The summed E-state index contributed by atoms with van der Waals surface area (Å²) in [7, 11) is 0. The average Bonchev–Trinajstić information content (AvgIpc) is 2.12. The predicted octanol–water partition coefficient (Wildman–Crippen LogP) is 2.61. The van der Waals surface area contributed by atoms with Crippen molar-refractivity contribution in [3.63, 3.8) is 0 Å². The molecule has 1 aromatic heterocycles. The maximum atomic E-state index is 13.2. The van der Waals surface area contributed by atoms with Crippen LogP contribution in [0.1, 0.15) is 0 Å². The molecule has 0 radical (unpaired) electrons. The van der Waals surface area contributed by atoms with Crippen LogP contribution in [0.15, 0.2) is 24.4 Å². The topological polar surface area (TPSA) is 38.9 Å². The van der Waals surface area contributed by atoms with Crippen molar-refractivity contribution in [3.05, 3.63) is 35.2 Å². The Kier molecular flexibility index (Phi) is 1.81. The molecule has 0 atom stereocenters. The van der Waals surface area contributed by atoms with E-state index in [1.807, 2.05) is 0 Å². The lowest BCUT2D eigenvalue weighted by Gasteiger charge is -2.02. The SMILES string of the molecule is Nc1cnc2cccc(F)c2c1Cl. The molecule has 2 N–H and O–H groups in total. The second-order valence-corrected chi connectivity index (χ2v) is 3.04. The van der Waals surface area contributed by atoms with E-state index in [-0.39, 0.29) is 10.4 Å². The van der Waals surface area contributed by atoms with Gasteiger partial charge >= 0.3 is 0 Å². The lowest BCUT2D eigenvalue weighted by Crippen LogP contribution is -1.91. The number of nitrogen functional groups attached to an aromatic ring is 1. The van der Waals surface area contributed by atoms with Crippen molar-refractivity contribution in [2.75, 3.05) is 5.73 Å². The van der Waals surface area contributed by atoms with Gasteiger partial charge in [-0.25, -0.2) is 4.39 Å². The fourth-order valence-corrected chi connectivity index (χ4v) is 1.41. The van der Waals surface area contributed by atoms with Gasteiger partial charge in [-0.05, 0) is 12.1 Å². The third-order valence-electron chi connectivity index (χ3n) is 1.81.